The van der Waals surface area contributed by atoms with Crippen LogP contribution in [0.3, 0.4) is 0 Å². The third-order valence-corrected chi connectivity index (χ3v) is 4.98. The average molecular weight is 435 g/mol. The van der Waals surface area contributed by atoms with E-state index >= 15 is 0 Å². The summed E-state index contributed by atoms with van der Waals surface area (Å²) in [7, 11) is 2.30. The number of Topliss-reactive ketones (excluding diaryl/α,β-unsaturated/α-hetero) is 1. The first-order chi connectivity index (χ1) is 15.3. The van der Waals surface area contributed by atoms with E-state index in [2.05, 4.69) is 20.0 Å². The number of para-hydroxylation sites is 1. The topological polar surface area (TPSA) is 125 Å². The summed E-state index contributed by atoms with van der Waals surface area (Å²) < 4.78 is 9.42. The molecule has 0 aliphatic carbocycles. The number of benzene rings is 2. The third kappa shape index (κ3) is 4.46. The zero-order valence-electron chi connectivity index (χ0n) is 18.0. The molecular formula is C23H21N3O6. The lowest BCUT2D eigenvalue weighted by molar-refractivity contribution is -0.148. The molecule has 0 aliphatic rings. The molecule has 9 heteroatoms. The summed E-state index contributed by atoms with van der Waals surface area (Å²) in [6, 6.07) is 9.65. The van der Waals surface area contributed by atoms with Gasteiger partial charge in [0.15, 0.2) is 5.92 Å². The molecule has 0 unspecified atom stereocenters. The van der Waals surface area contributed by atoms with Crippen molar-refractivity contribution in [3.05, 3.63) is 65.0 Å². The van der Waals surface area contributed by atoms with Gasteiger partial charge in [-0.05, 0) is 49.2 Å². The Hall–Kier alpha value is -4.14. The maximum atomic E-state index is 13.0. The van der Waals surface area contributed by atoms with Gasteiger partial charge in [-0.3, -0.25) is 19.4 Å². The minimum Gasteiger partial charge on any atom is -0.468 e. The lowest BCUT2D eigenvalue weighted by atomic mass is 9.99. The summed E-state index contributed by atoms with van der Waals surface area (Å²) in [6.07, 6.45) is 1.27. The number of nitrogens with zero attached hydrogens (tertiary/aromatic N) is 2. The van der Waals surface area contributed by atoms with E-state index in [1.165, 1.54) is 25.4 Å². The molecule has 32 heavy (non-hydrogen) atoms. The molecule has 1 N–H and O–H groups in total. The minimum absolute atomic E-state index is 0.0194. The van der Waals surface area contributed by atoms with Crippen LogP contribution in [0.2, 0.25) is 0 Å². The van der Waals surface area contributed by atoms with Gasteiger partial charge in [0.25, 0.3) is 5.91 Å². The van der Waals surface area contributed by atoms with Crippen molar-refractivity contribution in [2.75, 3.05) is 19.5 Å². The second-order valence-electron chi connectivity index (χ2n) is 7.03. The Labute approximate surface area is 183 Å². The van der Waals surface area contributed by atoms with Crippen molar-refractivity contribution < 1.29 is 28.7 Å². The second-order valence-corrected chi connectivity index (χ2v) is 7.03. The van der Waals surface area contributed by atoms with Gasteiger partial charge in [0.05, 0.1) is 48.4 Å². The molecule has 164 valence electrons. The smallest absolute Gasteiger partial charge is 0.339 e. The van der Waals surface area contributed by atoms with Crippen LogP contribution in [-0.4, -0.2) is 47.8 Å². The number of hydrogen-bond acceptors (Lipinski definition) is 8. The van der Waals surface area contributed by atoms with Crippen LogP contribution >= 0.6 is 0 Å². The Kier molecular flexibility index (Phi) is 6.58. The molecule has 0 saturated carbocycles. The van der Waals surface area contributed by atoms with Crippen molar-refractivity contribution >= 4 is 40.3 Å². The Morgan fingerprint density at radius 2 is 1.59 bits per heavy atom. The monoisotopic (exact) mass is 435 g/mol. The minimum atomic E-state index is -1.62. The first-order valence-corrected chi connectivity index (χ1v) is 9.61. The normalized spacial score (nSPS) is 11.5. The van der Waals surface area contributed by atoms with Gasteiger partial charge in [0.1, 0.15) is 0 Å². The highest BCUT2D eigenvalue weighted by molar-refractivity contribution is 6.45. The Morgan fingerprint density at radius 3 is 2.25 bits per heavy atom. The molecule has 2 aromatic carbocycles. The highest BCUT2D eigenvalue weighted by atomic mass is 16.5. The number of esters is 2. The van der Waals surface area contributed by atoms with Crippen LogP contribution in [0.15, 0.2) is 42.6 Å². The summed E-state index contributed by atoms with van der Waals surface area (Å²) >= 11 is 0. The molecule has 1 heterocycles. The van der Waals surface area contributed by atoms with E-state index in [-0.39, 0.29) is 16.9 Å². The summed E-state index contributed by atoms with van der Waals surface area (Å²) in [5.74, 6) is -5.48. The number of aryl methyl sites for hydroxylation is 2. The number of aromatic nitrogens is 2. The summed E-state index contributed by atoms with van der Waals surface area (Å²) in [5, 5.41) is 2.36. The lowest BCUT2D eigenvalue weighted by Gasteiger charge is -2.14. The molecule has 3 aromatic rings. The number of anilines is 1. The quantitative estimate of drug-likeness (QED) is 0.356. The van der Waals surface area contributed by atoms with Gasteiger partial charge in [-0.1, -0.05) is 12.1 Å². The fraction of sp³-hybridized carbons (Fsp3) is 0.217. The average Bonchev–Trinajstić information content (AvgIpc) is 2.79. The first kappa shape index (κ1) is 22.5. The van der Waals surface area contributed by atoms with Crippen LogP contribution in [0, 0.1) is 13.8 Å². The molecule has 1 amide bonds. The van der Waals surface area contributed by atoms with Crippen molar-refractivity contribution in [1.29, 1.82) is 0 Å². The number of hydrogen-bond donors (Lipinski definition) is 1. The van der Waals surface area contributed by atoms with Gasteiger partial charge in [-0.15, -0.1) is 0 Å². The number of carbonyl (C=O) groups is 4. The third-order valence-electron chi connectivity index (χ3n) is 4.98. The van der Waals surface area contributed by atoms with Gasteiger partial charge >= 0.3 is 11.9 Å². The SMILES string of the molecule is COC(=O)c1ccccc1NC(=O)C(=O)[C@H](C(=O)OC)c1cnc2cc(C)c(C)cc2n1. The zero-order chi connectivity index (χ0) is 23.4. The van der Waals surface area contributed by atoms with E-state index in [9.17, 15) is 19.2 Å². The summed E-state index contributed by atoms with van der Waals surface area (Å²) in [4.78, 5) is 58.7. The van der Waals surface area contributed by atoms with Crippen molar-refractivity contribution in [2.45, 2.75) is 19.8 Å². The highest BCUT2D eigenvalue weighted by Gasteiger charge is 2.36. The van der Waals surface area contributed by atoms with Crippen LogP contribution < -0.4 is 5.32 Å². The maximum absolute atomic E-state index is 13.0. The van der Waals surface area contributed by atoms with Crippen LogP contribution in [0.4, 0.5) is 5.69 Å². The van der Waals surface area contributed by atoms with Crippen LogP contribution in [0.5, 0.6) is 0 Å². The molecule has 0 spiro atoms. The van der Waals surface area contributed by atoms with Gasteiger partial charge in [0.2, 0.25) is 5.78 Å². The van der Waals surface area contributed by atoms with Crippen molar-refractivity contribution in [3.8, 4) is 0 Å². The Morgan fingerprint density at radius 1 is 0.938 bits per heavy atom. The van der Waals surface area contributed by atoms with Crippen molar-refractivity contribution in [2.24, 2.45) is 0 Å². The molecule has 0 radical (unpaired) electrons. The molecular weight excluding hydrogens is 414 g/mol. The van der Waals surface area contributed by atoms with E-state index in [1.807, 2.05) is 19.9 Å². The van der Waals surface area contributed by atoms with Crippen molar-refractivity contribution in [3.63, 3.8) is 0 Å². The molecule has 0 aliphatic heterocycles. The molecule has 3 rings (SSSR count). The van der Waals surface area contributed by atoms with Crippen LogP contribution in [0.1, 0.15) is 33.1 Å². The fourth-order valence-electron chi connectivity index (χ4n) is 3.10. The summed E-state index contributed by atoms with van der Waals surface area (Å²) in [5.41, 5.74) is 3.15. The van der Waals surface area contributed by atoms with E-state index in [1.54, 1.807) is 18.2 Å². The van der Waals surface area contributed by atoms with E-state index in [0.29, 0.717) is 11.0 Å². The number of ether oxygens (including phenoxy) is 2. The summed E-state index contributed by atoms with van der Waals surface area (Å²) in [6.45, 7) is 3.83. The first-order valence-electron chi connectivity index (χ1n) is 9.61. The van der Waals surface area contributed by atoms with Gasteiger partial charge < -0.3 is 14.8 Å². The predicted octanol–water partition coefficient (Wildman–Crippen LogP) is 2.50. The highest BCUT2D eigenvalue weighted by Crippen LogP contribution is 2.23. The van der Waals surface area contributed by atoms with Gasteiger partial charge in [-0.25, -0.2) is 9.78 Å². The molecule has 1 atom stereocenters. The number of amides is 1. The molecule has 0 saturated heterocycles. The predicted molar refractivity (Wildman–Crippen MR) is 115 cm³/mol. The number of carbonyl (C=O) groups excluding carboxylic acids is 4. The number of rotatable bonds is 6. The van der Waals surface area contributed by atoms with Gasteiger partial charge in [0, 0.05) is 0 Å². The number of ketones is 1. The second kappa shape index (κ2) is 9.34. The fourth-order valence-corrected chi connectivity index (χ4v) is 3.10. The Bertz CT molecular complexity index is 1240. The van der Waals surface area contributed by atoms with Gasteiger partial charge in [-0.2, -0.15) is 0 Å². The zero-order valence-corrected chi connectivity index (χ0v) is 18.0. The maximum Gasteiger partial charge on any atom is 0.339 e. The van der Waals surface area contributed by atoms with E-state index < -0.39 is 29.5 Å². The lowest BCUT2D eigenvalue weighted by Crippen LogP contribution is -2.34. The van der Waals surface area contributed by atoms with E-state index in [4.69, 9.17) is 4.74 Å². The molecule has 1 aromatic heterocycles. The molecule has 0 bridgehead atoms. The Balaban J connectivity index is 1.96. The van der Waals surface area contributed by atoms with E-state index in [0.717, 1.165) is 18.2 Å². The van der Waals surface area contributed by atoms with Crippen molar-refractivity contribution in [1.82, 2.24) is 9.97 Å². The largest absolute Gasteiger partial charge is 0.468 e. The number of fused-ring (bicyclic) bond motifs is 1. The standard InChI is InChI=1S/C23H21N3O6/c1-12-9-16-17(10-13(12)2)25-18(11-24-16)19(23(30)32-4)20(27)21(28)26-15-8-6-5-7-14(15)22(29)31-3/h5-11,19H,1-4H3,(H,26,28)/t19-/m1/s1. The van der Waals surface area contributed by atoms with Crippen LogP contribution in [0.25, 0.3) is 11.0 Å². The molecule has 0 fully saturated rings. The number of methoxy groups -OCH3 is 2. The number of nitrogens with one attached hydrogen (secondary N) is 1. The van der Waals surface area contributed by atoms with Crippen LogP contribution in [-0.2, 0) is 23.9 Å². The molecule has 9 nitrogen and oxygen atoms in total.